The third-order valence-electron chi connectivity index (χ3n) is 7.30. The number of rotatable bonds is 7. The second kappa shape index (κ2) is 11.4. The largest absolute Gasteiger partial charge is 0.120 e. The number of benzene rings is 4. The highest BCUT2D eigenvalue weighted by Gasteiger charge is 2.45. The molecule has 4 aromatic rings. The molecule has 4 aromatic carbocycles. The highest BCUT2D eigenvalue weighted by molar-refractivity contribution is 7.77. The van der Waals surface area contributed by atoms with Crippen molar-refractivity contribution in [1.82, 2.24) is 0 Å². The molecule has 0 radical (unpaired) electrons. The van der Waals surface area contributed by atoms with E-state index in [0.717, 1.165) is 0 Å². The van der Waals surface area contributed by atoms with E-state index in [-0.39, 0.29) is 0 Å². The summed E-state index contributed by atoms with van der Waals surface area (Å²) in [5.41, 5.74) is 1.17. The van der Waals surface area contributed by atoms with Gasteiger partial charge in [0, 0.05) is 5.92 Å². The summed E-state index contributed by atoms with van der Waals surface area (Å²) >= 11 is 0. The van der Waals surface area contributed by atoms with E-state index in [1.54, 1.807) is 0 Å². The minimum Gasteiger partial charge on any atom is -0.120 e. The fourth-order valence-corrected chi connectivity index (χ4v) is 12.3. The van der Waals surface area contributed by atoms with Crippen LogP contribution < -0.4 is 21.2 Å². The van der Waals surface area contributed by atoms with E-state index in [2.05, 4.69) is 134 Å². The summed E-state index contributed by atoms with van der Waals surface area (Å²) in [4.78, 5) is 0. The lowest BCUT2D eigenvalue weighted by molar-refractivity contribution is 0.448. The quantitative estimate of drug-likeness (QED) is 0.201. The molecule has 0 spiro atoms. The minimum atomic E-state index is -0.513. The molecular formula is C33H32P2. The Balaban J connectivity index is 1.66. The van der Waals surface area contributed by atoms with E-state index in [4.69, 9.17) is 6.42 Å². The number of hydrogen-bond acceptors (Lipinski definition) is 0. The molecule has 2 heteroatoms. The molecule has 1 aliphatic carbocycles. The van der Waals surface area contributed by atoms with Crippen molar-refractivity contribution in [3.8, 4) is 12.3 Å². The van der Waals surface area contributed by atoms with Crippen LogP contribution in [0.25, 0.3) is 0 Å². The van der Waals surface area contributed by atoms with Crippen LogP contribution in [0.15, 0.2) is 121 Å². The summed E-state index contributed by atoms with van der Waals surface area (Å²) < 4.78 is 0. The Kier molecular flexibility index (Phi) is 7.79. The van der Waals surface area contributed by atoms with E-state index in [0.29, 0.717) is 23.2 Å². The van der Waals surface area contributed by atoms with E-state index < -0.39 is 15.8 Å². The Morgan fingerprint density at radius 3 is 1.11 bits per heavy atom. The van der Waals surface area contributed by atoms with Crippen LogP contribution in [-0.4, -0.2) is 11.3 Å². The molecule has 0 saturated heterocycles. The van der Waals surface area contributed by atoms with Crippen molar-refractivity contribution in [2.24, 2.45) is 11.8 Å². The summed E-state index contributed by atoms with van der Waals surface area (Å²) in [7, 11) is -1.03. The Labute approximate surface area is 213 Å². The lowest BCUT2D eigenvalue weighted by Gasteiger charge is -2.35. The molecule has 3 atom stereocenters. The zero-order chi connectivity index (χ0) is 24.0. The van der Waals surface area contributed by atoms with Gasteiger partial charge in [-0.2, -0.15) is 0 Å². The van der Waals surface area contributed by atoms with Gasteiger partial charge in [-0.15, -0.1) is 12.3 Å². The summed E-state index contributed by atoms with van der Waals surface area (Å²) in [5.74, 6) is 3.96. The SMILES string of the molecule is C#CC(C)C1CC(P(c2ccccc2)c2ccccc2)C(P(c2ccccc2)c2ccccc2)C1. The normalized spacial score (nSPS) is 20.6. The van der Waals surface area contributed by atoms with Crippen LogP contribution in [0.5, 0.6) is 0 Å². The Hall–Kier alpha value is -2.70. The smallest absolute Gasteiger partial charge is 0.0200 e. The first-order valence-corrected chi connectivity index (χ1v) is 15.3. The van der Waals surface area contributed by atoms with Crippen LogP contribution in [0.4, 0.5) is 0 Å². The molecule has 0 bridgehead atoms. The molecule has 0 heterocycles. The molecule has 1 saturated carbocycles. The van der Waals surface area contributed by atoms with Gasteiger partial charge >= 0.3 is 0 Å². The second-order valence-electron chi connectivity index (χ2n) is 9.40. The topological polar surface area (TPSA) is 0 Å². The zero-order valence-corrected chi connectivity index (χ0v) is 22.0. The van der Waals surface area contributed by atoms with Crippen molar-refractivity contribution in [3.05, 3.63) is 121 Å². The summed E-state index contributed by atoms with van der Waals surface area (Å²) in [5, 5.41) is 5.92. The van der Waals surface area contributed by atoms with Crippen LogP contribution in [0.3, 0.4) is 0 Å². The van der Waals surface area contributed by atoms with Gasteiger partial charge in [0.05, 0.1) is 0 Å². The molecule has 35 heavy (non-hydrogen) atoms. The Morgan fingerprint density at radius 1 is 0.571 bits per heavy atom. The average Bonchev–Trinajstić information content (AvgIpc) is 3.35. The third-order valence-corrected chi connectivity index (χ3v) is 13.4. The van der Waals surface area contributed by atoms with E-state index >= 15 is 0 Å². The molecule has 5 rings (SSSR count). The van der Waals surface area contributed by atoms with Crippen molar-refractivity contribution in [2.45, 2.75) is 31.1 Å². The third kappa shape index (κ3) is 5.29. The molecule has 3 unspecified atom stereocenters. The maximum absolute atomic E-state index is 6.00. The molecule has 0 aliphatic heterocycles. The first-order chi connectivity index (χ1) is 17.3. The fraction of sp³-hybridized carbons (Fsp3) is 0.212. The van der Waals surface area contributed by atoms with Gasteiger partial charge in [-0.05, 0) is 67.1 Å². The molecule has 0 amide bonds. The van der Waals surface area contributed by atoms with Crippen molar-refractivity contribution in [1.29, 1.82) is 0 Å². The lowest BCUT2D eigenvalue weighted by Crippen LogP contribution is -2.31. The zero-order valence-electron chi connectivity index (χ0n) is 20.2. The van der Waals surface area contributed by atoms with Gasteiger partial charge in [-0.1, -0.05) is 128 Å². The van der Waals surface area contributed by atoms with Gasteiger partial charge < -0.3 is 0 Å². The van der Waals surface area contributed by atoms with Gasteiger partial charge in [0.2, 0.25) is 0 Å². The first-order valence-electron chi connectivity index (χ1n) is 12.5. The summed E-state index contributed by atoms with van der Waals surface area (Å²) in [6, 6.07) is 45.0. The molecule has 1 aliphatic rings. The lowest BCUT2D eigenvalue weighted by atomic mass is 9.94. The van der Waals surface area contributed by atoms with Gasteiger partial charge in [-0.25, -0.2) is 0 Å². The van der Waals surface area contributed by atoms with Gasteiger partial charge in [0.25, 0.3) is 0 Å². The Bertz CT molecular complexity index is 1060. The highest BCUT2D eigenvalue weighted by Crippen LogP contribution is 2.60. The van der Waals surface area contributed by atoms with Gasteiger partial charge in [-0.3, -0.25) is 0 Å². The standard InChI is InChI=1S/C33H32P2/c1-3-26(2)27-24-32(34(28-16-8-4-9-17-28)29-18-10-5-11-19-29)33(25-27)35(30-20-12-6-13-21-30)31-22-14-7-15-23-31/h1,4-23,26-27,32-33H,24-25H2,2H3. The molecular weight excluding hydrogens is 458 g/mol. The van der Waals surface area contributed by atoms with Crippen molar-refractivity contribution >= 4 is 37.1 Å². The molecule has 0 nitrogen and oxygen atoms in total. The molecule has 0 aromatic heterocycles. The first kappa shape index (κ1) is 24.0. The van der Waals surface area contributed by atoms with Crippen LogP contribution in [0.1, 0.15) is 19.8 Å². The van der Waals surface area contributed by atoms with Gasteiger partial charge in [0.1, 0.15) is 0 Å². The predicted molar refractivity (Wildman–Crippen MR) is 156 cm³/mol. The monoisotopic (exact) mass is 490 g/mol. The van der Waals surface area contributed by atoms with E-state index in [1.165, 1.54) is 34.1 Å². The minimum absolute atomic E-state index is 0.300. The van der Waals surface area contributed by atoms with Crippen molar-refractivity contribution < 1.29 is 0 Å². The maximum atomic E-state index is 6.00. The predicted octanol–water partition coefficient (Wildman–Crippen LogP) is 6.67. The fourth-order valence-electron chi connectivity index (χ4n) is 5.55. The molecule has 1 fully saturated rings. The van der Waals surface area contributed by atoms with Crippen molar-refractivity contribution in [2.75, 3.05) is 0 Å². The van der Waals surface area contributed by atoms with Gasteiger partial charge in [0.15, 0.2) is 0 Å². The molecule has 174 valence electrons. The highest BCUT2D eigenvalue weighted by atomic mass is 31.1. The van der Waals surface area contributed by atoms with Crippen LogP contribution in [0, 0.1) is 24.2 Å². The van der Waals surface area contributed by atoms with Crippen LogP contribution >= 0.6 is 15.8 Å². The maximum Gasteiger partial charge on any atom is 0.0200 e. The van der Waals surface area contributed by atoms with Crippen LogP contribution in [0.2, 0.25) is 0 Å². The Morgan fingerprint density at radius 2 is 0.857 bits per heavy atom. The summed E-state index contributed by atoms with van der Waals surface area (Å²) in [6.07, 6.45) is 8.40. The number of hydrogen-bond donors (Lipinski definition) is 0. The number of terminal acetylenes is 1. The van der Waals surface area contributed by atoms with E-state index in [9.17, 15) is 0 Å². The van der Waals surface area contributed by atoms with Crippen molar-refractivity contribution in [3.63, 3.8) is 0 Å². The second-order valence-corrected chi connectivity index (χ2v) is 14.3. The van der Waals surface area contributed by atoms with Crippen LogP contribution in [-0.2, 0) is 0 Å². The van der Waals surface area contributed by atoms with E-state index in [1.807, 2.05) is 0 Å². The molecule has 0 N–H and O–H groups in total. The summed E-state index contributed by atoms with van der Waals surface area (Å²) in [6.45, 7) is 2.25. The average molecular weight is 491 g/mol.